The molecule has 1 N–H and O–H groups in total. The number of anilines is 1. The Morgan fingerprint density at radius 1 is 1.22 bits per heavy atom. The van der Waals surface area contributed by atoms with Gasteiger partial charge in [0.25, 0.3) is 11.8 Å². The minimum absolute atomic E-state index is 0.162. The first-order chi connectivity index (χ1) is 12.9. The van der Waals surface area contributed by atoms with Crippen LogP contribution >= 0.6 is 11.6 Å². The van der Waals surface area contributed by atoms with Crippen molar-refractivity contribution in [3.63, 3.8) is 0 Å². The molecule has 1 heterocycles. The van der Waals surface area contributed by atoms with Crippen LogP contribution in [0.4, 0.5) is 5.69 Å². The highest BCUT2D eigenvalue weighted by molar-refractivity contribution is 6.31. The minimum atomic E-state index is -0.381. The van der Waals surface area contributed by atoms with Gasteiger partial charge in [0.2, 0.25) is 0 Å². The van der Waals surface area contributed by atoms with E-state index in [9.17, 15) is 9.59 Å². The molecule has 0 aliphatic heterocycles. The summed E-state index contributed by atoms with van der Waals surface area (Å²) < 4.78 is 5.27. The molecule has 0 radical (unpaired) electrons. The van der Waals surface area contributed by atoms with Crippen molar-refractivity contribution in [2.75, 3.05) is 26.0 Å². The zero-order chi connectivity index (χ0) is 20.0. The predicted octanol–water partition coefficient (Wildman–Crippen LogP) is 4.18. The Bertz CT molecular complexity index is 839. The first-order valence-corrected chi connectivity index (χ1v) is 9.11. The quantitative estimate of drug-likeness (QED) is 0.771. The van der Waals surface area contributed by atoms with Gasteiger partial charge in [-0.1, -0.05) is 24.9 Å². The van der Waals surface area contributed by atoms with E-state index in [1.165, 1.54) is 19.5 Å². The Hall–Kier alpha value is -2.60. The summed E-state index contributed by atoms with van der Waals surface area (Å²) in [6.07, 6.45) is 4.81. The van der Waals surface area contributed by atoms with E-state index < -0.39 is 0 Å². The largest absolute Gasteiger partial charge is 0.495 e. The Kier molecular flexibility index (Phi) is 7.19. The molecule has 0 fully saturated rings. The molecule has 2 amide bonds. The van der Waals surface area contributed by atoms with Gasteiger partial charge in [0.05, 0.1) is 23.9 Å². The highest BCUT2D eigenvalue weighted by atomic mass is 35.5. The van der Waals surface area contributed by atoms with Crippen LogP contribution in [0.2, 0.25) is 5.02 Å². The van der Waals surface area contributed by atoms with E-state index in [0.717, 1.165) is 18.4 Å². The van der Waals surface area contributed by atoms with Crippen LogP contribution in [-0.2, 0) is 0 Å². The number of aromatic nitrogens is 1. The Morgan fingerprint density at radius 2 is 1.93 bits per heavy atom. The zero-order valence-electron chi connectivity index (χ0n) is 16.0. The number of carbonyl (C=O) groups is 2. The number of benzene rings is 1. The minimum Gasteiger partial charge on any atom is -0.495 e. The number of ether oxygens (including phenoxy) is 1. The van der Waals surface area contributed by atoms with E-state index in [0.29, 0.717) is 34.1 Å². The van der Waals surface area contributed by atoms with Crippen LogP contribution in [-0.4, -0.2) is 42.4 Å². The fourth-order valence-corrected chi connectivity index (χ4v) is 2.68. The lowest BCUT2D eigenvalue weighted by atomic mass is 10.1. The van der Waals surface area contributed by atoms with Crippen molar-refractivity contribution in [2.45, 2.75) is 26.7 Å². The monoisotopic (exact) mass is 389 g/mol. The standard InChI is InChI=1S/C20H24ClN3O3/c1-5-6-7-24(3)20(26)15-9-14(11-22-12-15)19(25)23-17-8-13(2)16(21)10-18(17)27-4/h8-12H,5-7H2,1-4H3,(H,23,25). The van der Waals surface area contributed by atoms with Gasteiger partial charge in [0.1, 0.15) is 5.75 Å². The van der Waals surface area contributed by atoms with Gasteiger partial charge in [0.15, 0.2) is 0 Å². The summed E-state index contributed by atoms with van der Waals surface area (Å²) in [4.78, 5) is 30.8. The molecule has 0 saturated heterocycles. The number of amides is 2. The van der Waals surface area contributed by atoms with Crippen molar-refractivity contribution < 1.29 is 14.3 Å². The fraction of sp³-hybridized carbons (Fsp3) is 0.350. The van der Waals surface area contributed by atoms with Crippen molar-refractivity contribution in [2.24, 2.45) is 0 Å². The smallest absolute Gasteiger partial charge is 0.257 e. The molecular weight excluding hydrogens is 366 g/mol. The second-order valence-corrected chi connectivity index (χ2v) is 6.71. The van der Waals surface area contributed by atoms with Gasteiger partial charge >= 0.3 is 0 Å². The lowest BCUT2D eigenvalue weighted by Crippen LogP contribution is -2.28. The number of pyridine rings is 1. The number of hydrogen-bond donors (Lipinski definition) is 1. The zero-order valence-corrected chi connectivity index (χ0v) is 16.8. The molecular formula is C20H24ClN3O3. The summed E-state index contributed by atoms with van der Waals surface area (Å²) in [6.45, 7) is 4.56. The average molecular weight is 390 g/mol. The molecule has 1 aromatic heterocycles. The van der Waals surface area contributed by atoms with Gasteiger partial charge in [-0.05, 0) is 31.0 Å². The van der Waals surface area contributed by atoms with Crippen molar-refractivity contribution in [1.29, 1.82) is 0 Å². The average Bonchev–Trinajstić information content (AvgIpc) is 2.68. The third-order valence-electron chi connectivity index (χ3n) is 4.17. The van der Waals surface area contributed by atoms with Crippen LogP contribution in [0.25, 0.3) is 0 Å². The molecule has 0 saturated carbocycles. The topological polar surface area (TPSA) is 71.5 Å². The molecule has 0 bridgehead atoms. The maximum absolute atomic E-state index is 12.6. The molecule has 0 unspecified atom stereocenters. The maximum atomic E-state index is 12.6. The van der Waals surface area contributed by atoms with Crippen LogP contribution in [0.5, 0.6) is 5.75 Å². The highest BCUT2D eigenvalue weighted by Gasteiger charge is 2.16. The molecule has 2 aromatic rings. The van der Waals surface area contributed by atoms with Gasteiger partial charge in [-0.2, -0.15) is 0 Å². The lowest BCUT2D eigenvalue weighted by Gasteiger charge is -2.17. The molecule has 2 rings (SSSR count). The summed E-state index contributed by atoms with van der Waals surface area (Å²) in [5.74, 6) is -0.0858. The summed E-state index contributed by atoms with van der Waals surface area (Å²) >= 11 is 6.09. The summed E-state index contributed by atoms with van der Waals surface area (Å²) in [5.41, 5.74) is 1.98. The van der Waals surface area contributed by atoms with Crippen LogP contribution in [0.15, 0.2) is 30.6 Å². The van der Waals surface area contributed by atoms with Gasteiger partial charge in [-0.15, -0.1) is 0 Å². The number of nitrogens with one attached hydrogen (secondary N) is 1. The van der Waals surface area contributed by atoms with Gasteiger partial charge < -0.3 is 15.0 Å². The predicted molar refractivity (Wildman–Crippen MR) is 107 cm³/mol. The van der Waals surface area contributed by atoms with Gasteiger partial charge in [0, 0.05) is 37.1 Å². The van der Waals surface area contributed by atoms with Crippen LogP contribution in [0, 0.1) is 6.92 Å². The highest BCUT2D eigenvalue weighted by Crippen LogP contribution is 2.31. The Morgan fingerprint density at radius 3 is 2.59 bits per heavy atom. The third kappa shape index (κ3) is 5.20. The molecule has 1 aromatic carbocycles. The SMILES string of the molecule is CCCCN(C)C(=O)c1cncc(C(=O)Nc2cc(C)c(Cl)cc2OC)c1. The second-order valence-electron chi connectivity index (χ2n) is 6.30. The summed E-state index contributed by atoms with van der Waals surface area (Å²) in [7, 11) is 3.25. The molecule has 0 atom stereocenters. The van der Waals surface area contributed by atoms with E-state index in [1.807, 2.05) is 6.92 Å². The molecule has 7 heteroatoms. The number of hydrogen-bond acceptors (Lipinski definition) is 4. The second kappa shape index (κ2) is 9.37. The maximum Gasteiger partial charge on any atom is 0.257 e. The van der Waals surface area contributed by atoms with Crippen molar-refractivity contribution in [1.82, 2.24) is 9.88 Å². The summed E-state index contributed by atoms with van der Waals surface area (Å²) in [6, 6.07) is 4.93. The number of aryl methyl sites for hydroxylation is 1. The number of unbranched alkanes of at least 4 members (excludes halogenated alkanes) is 1. The van der Waals surface area contributed by atoms with Crippen LogP contribution in [0.1, 0.15) is 46.0 Å². The first-order valence-electron chi connectivity index (χ1n) is 8.73. The van der Waals surface area contributed by atoms with Crippen molar-refractivity contribution in [3.8, 4) is 5.75 Å². The lowest BCUT2D eigenvalue weighted by molar-refractivity contribution is 0.0793. The van der Waals surface area contributed by atoms with Gasteiger partial charge in [-0.3, -0.25) is 14.6 Å². The Labute approximate surface area is 164 Å². The van der Waals surface area contributed by atoms with E-state index in [2.05, 4.69) is 17.2 Å². The molecule has 144 valence electrons. The molecule has 27 heavy (non-hydrogen) atoms. The van der Waals surface area contributed by atoms with E-state index in [1.54, 1.807) is 30.1 Å². The molecule has 6 nitrogen and oxygen atoms in total. The third-order valence-corrected chi connectivity index (χ3v) is 4.58. The number of rotatable bonds is 7. The number of halogens is 1. The van der Waals surface area contributed by atoms with E-state index >= 15 is 0 Å². The van der Waals surface area contributed by atoms with Gasteiger partial charge in [-0.25, -0.2) is 0 Å². The van der Waals surface area contributed by atoms with Crippen molar-refractivity contribution >= 4 is 29.1 Å². The van der Waals surface area contributed by atoms with Crippen LogP contribution < -0.4 is 10.1 Å². The normalized spacial score (nSPS) is 10.4. The Balaban J connectivity index is 2.21. The number of carbonyl (C=O) groups excluding carboxylic acids is 2. The molecule has 0 aliphatic carbocycles. The van der Waals surface area contributed by atoms with E-state index in [4.69, 9.17) is 16.3 Å². The summed E-state index contributed by atoms with van der Waals surface area (Å²) in [5, 5.41) is 3.34. The van der Waals surface area contributed by atoms with Crippen LogP contribution in [0.3, 0.4) is 0 Å². The number of methoxy groups -OCH3 is 1. The number of nitrogens with zero attached hydrogens (tertiary/aromatic N) is 2. The van der Waals surface area contributed by atoms with Crippen molar-refractivity contribution in [3.05, 3.63) is 52.3 Å². The first kappa shape index (κ1) is 20.7. The fourth-order valence-electron chi connectivity index (χ4n) is 2.52. The van der Waals surface area contributed by atoms with E-state index in [-0.39, 0.29) is 11.8 Å². The molecule has 0 aliphatic rings. The molecule has 0 spiro atoms.